The van der Waals surface area contributed by atoms with Crippen molar-refractivity contribution in [2.45, 2.75) is 6.92 Å². The van der Waals surface area contributed by atoms with Crippen molar-refractivity contribution in [1.29, 1.82) is 0 Å². The van der Waals surface area contributed by atoms with Crippen molar-refractivity contribution in [2.24, 2.45) is 0 Å². The lowest BCUT2D eigenvalue weighted by Crippen LogP contribution is -2.04. The molecule has 2 N–H and O–H groups in total. The topological polar surface area (TPSA) is 48.1 Å². The normalized spacial score (nSPS) is 10.1. The quantitative estimate of drug-likeness (QED) is 0.674. The molecule has 0 aliphatic heterocycles. The second-order valence-electron chi connectivity index (χ2n) is 2.51. The van der Waals surface area contributed by atoms with Crippen LogP contribution in [0.3, 0.4) is 0 Å². The number of alkyl halides is 1. The Balaban J connectivity index is 2.92. The monoisotopic (exact) mass is 264 g/mol. The number of anilines is 1. The number of aryl methyl sites for hydroxylation is 1. The molecule has 0 atom stereocenters. The van der Waals surface area contributed by atoms with Crippen LogP contribution in [0.1, 0.15) is 5.56 Å². The molecule has 1 heterocycles. The average molecular weight is 266 g/mol. The first-order chi connectivity index (χ1) is 6.15. The lowest BCUT2D eigenvalue weighted by molar-refractivity contribution is 0.341. The number of pyridine rings is 1. The maximum absolute atomic E-state index is 5.65. The van der Waals surface area contributed by atoms with Gasteiger partial charge in [-0.2, -0.15) is 0 Å². The van der Waals surface area contributed by atoms with E-state index < -0.39 is 0 Å². The summed E-state index contributed by atoms with van der Waals surface area (Å²) in [5, 5.41) is 0. The van der Waals surface area contributed by atoms with Crippen LogP contribution >= 0.6 is 27.5 Å². The van der Waals surface area contributed by atoms with Crippen LogP contribution in [0, 0.1) is 6.92 Å². The van der Waals surface area contributed by atoms with Gasteiger partial charge in [-0.15, -0.1) is 11.6 Å². The number of hydrogen-bond donors (Lipinski definition) is 1. The van der Waals surface area contributed by atoms with Crippen molar-refractivity contribution >= 4 is 33.3 Å². The SMILES string of the molecule is Cc1cc(Br)nc(N)c1OCCCl. The molecule has 72 valence electrons. The number of nitrogens with zero attached hydrogens (tertiary/aromatic N) is 1. The smallest absolute Gasteiger partial charge is 0.167 e. The molecule has 0 saturated heterocycles. The molecule has 1 rings (SSSR count). The number of hydrogen-bond acceptors (Lipinski definition) is 3. The highest BCUT2D eigenvalue weighted by Gasteiger charge is 2.06. The van der Waals surface area contributed by atoms with E-state index in [9.17, 15) is 0 Å². The molecule has 0 aliphatic carbocycles. The van der Waals surface area contributed by atoms with Crippen molar-refractivity contribution < 1.29 is 4.74 Å². The van der Waals surface area contributed by atoms with Crippen molar-refractivity contribution in [3.63, 3.8) is 0 Å². The fraction of sp³-hybridized carbons (Fsp3) is 0.375. The molecule has 0 fully saturated rings. The van der Waals surface area contributed by atoms with E-state index in [0.29, 0.717) is 28.7 Å². The van der Waals surface area contributed by atoms with Crippen LogP contribution in [0.4, 0.5) is 5.82 Å². The summed E-state index contributed by atoms with van der Waals surface area (Å²) >= 11 is 8.73. The number of ether oxygens (including phenoxy) is 1. The highest BCUT2D eigenvalue weighted by molar-refractivity contribution is 9.10. The molecular weight excluding hydrogens is 255 g/mol. The van der Waals surface area contributed by atoms with Gasteiger partial charge in [-0.25, -0.2) is 4.98 Å². The van der Waals surface area contributed by atoms with Gasteiger partial charge in [0.05, 0.1) is 5.88 Å². The van der Waals surface area contributed by atoms with E-state index in [1.165, 1.54) is 0 Å². The van der Waals surface area contributed by atoms with Crippen LogP contribution in [0.25, 0.3) is 0 Å². The Hall–Kier alpha value is -0.480. The van der Waals surface area contributed by atoms with Crippen LogP contribution in [-0.2, 0) is 0 Å². The Bertz CT molecular complexity index is 283. The standard InChI is InChI=1S/C8H10BrClN2O/c1-5-4-6(9)12-8(11)7(5)13-3-2-10/h4H,2-3H2,1H3,(H2,11,12). The van der Waals surface area contributed by atoms with Crippen molar-refractivity contribution in [3.05, 3.63) is 16.2 Å². The van der Waals surface area contributed by atoms with Gasteiger partial charge in [0.2, 0.25) is 0 Å². The molecule has 0 amide bonds. The molecule has 0 spiro atoms. The summed E-state index contributed by atoms with van der Waals surface area (Å²) in [5.74, 6) is 1.44. The summed E-state index contributed by atoms with van der Waals surface area (Å²) < 4.78 is 6.04. The second kappa shape index (κ2) is 4.67. The van der Waals surface area contributed by atoms with Crippen molar-refractivity contribution in [3.8, 4) is 5.75 Å². The van der Waals surface area contributed by atoms with E-state index in [4.69, 9.17) is 22.1 Å². The van der Waals surface area contributed by atoms with E-state index in [1.54, 1.807) is 0 Å². The van der Waals surface area contributed by atoms with Crippen molar-refractivity contribution in [1.82, 2.24) is 4.98 Å². The maximum atomic E-state index is 5.65. The van der Waals surface area contributed by atoms with Gasteiger partial charge in [-0.05, 0) is 34.5 Å². The predicted octanol–water partition coefficient (Wildman–Crippen LogP) is 2.35. The van der Waals surface area contributed by atoms with Gasteiger partial charge in [-0.3, -0.25) is 0 Å². The molecule has 1 aromatic rings. The third-order valence-corrected chi connectivity index (χ3v) is 2.04. The largest absolute Gasteiger partial charge is 0.488 e. The first-order valence-corrected chi connectivity index (χ1v) is 5.09. The summed E-state index contributed by atoms with van der Waals surface area (Å²) in [4.78, 5) is 4.01. The third kappa shape index (κ3) is 2.74. The summed E-state index contributed by atoms with van der Waals surface area (Å²) in [7, 11) is 0. The van der Waals surface area contributed by atoms with E-state index in [2.05, 4.69) is 20.9 Å². The van der Waals surface area contributed by atoms with Crippen LogP contribution in [-0.4, -0.2) is 17.5 Å². The van der Waals surface area contributed by atoms with Gasteiger partial charge in [-0.1, -0.05) is 0 Å². The van der Waals surface area contributed by atoms with E-state index in [-0.39, 0.29) is 0 Å². The number of rotatable bonds is 3. The zero-order valence-corrected chi connectivity index (χ0v) is 9.52. The lowest BCUT2D eigenvalue weighted by Gasteiger charge is -2.09. The minimum atomic E-state index is 0.386. The predicted molar refractivity (Wildman–Crippen MR) is 57.3 cm³/mol. The maximum Gasteiger partial charge on any atom is 0.167 e. The van der Waals surface area contributed by atoms with Crippen LogP contribution in [0.2, 0.25) is 0 Å². The lowest BCUT2D eigenvalue weighted by atomic mass is 10.2. The van der Waals surface area contributed by atoms with Crippen LogP contribution in [0.5, 0.6) is 5.75 Å². The molecule has 0 aromatic carbocycles. The molecule has 5 heteroatoms. The number of aromatic nitrogens is 1. The molecule has 0 aliphatic rings. The minimum absolute atomic E-state index is 0.386. The first kappa shape index (κ1) is 10.6. The summed E-state index contributed by atoms with van der Waals surface area (Å²) in [6.45, 7) is 2.35. The first-order valence-electron chi connectivity index (χ1n) is 3.76. The minimum Gasteiger partial charge on any atom is -0.488 e. The Morgan fingerprint density at radius 2 is 2.38 bits per heavy atom. The zero-order chi connectivity index (χ0) is 9.84. The Morgan fingerprint density at radius 1 is 1.69 bits per heavy atom. The average Bonchev–Trinajstić information content (AvgIpc) is 2.02. The molecule has 0 radical (unpaired) electrons. The van der Waals surface area contributed by atoms with E-state index in [0.717, 1.165) is 5.56 Å². The fourth-order valence-corrected chi connectivity index (χ4v) is 1.58. The third-order valence-electron chi connectivity index (χ3n) is 1.48. The Morgan fingerprint density at radius 3 is 2.92 bits per heavy atom. The van der Waals surface area contributed by atoms with Gasteiger partial charge in [0.25, 0.3) is 0 Å². The second-order valence-corrected chi connectivity index (χ2v) is 3.70. The van der Waals surface area contributed by atoms with Crippen LogP contribution < -0.4 is 10.5 Å². The fourth-order valence-electron chi connectivity index (χ4n) is 0.973. The Kier molecular flexibility index (Phi) is 3.81. The summed E-state index contributed by atoms with van der Waals surface area (Å²) in [6, 6.07) is 1.85. The molecule has 3 nitrogen and oxygen atoms in total. The van der Waals surface area contributed by atoms with Gasteiger partial charge in [0, 0.05) is 0 Å². The Labute approximate surface area is 90.4 Å². The van der Waals surface area contributed by atoms with E-state index >= 15 is 0 Å². The molecule has 0 bridgehead atoms. The summed E-state index contributed by atoms with van der Waals surface area (Å²) in [5.41, 5.74) is 6.60. The van der Waals surface area contributed by atoms with E-state index in [1.807, 2.05) is 13.0 Å². The molecular formula is C8H10BrClN2O. The van der Waals surface area contributed by atoms with Gasteiger partial charge < -0.3 is 10.5 Å². The number of nitrogens with two attached hydrogens (primary N) is 1. The highest BCUT2D eigenvalue weighted by atomic mass is 79.9. The molecule has 0 saturated carbocycles. The van der Waals surface area contributed by atoms with Gasteiger partial charge >= 0.3 is 0 Å². The molecule has 1 aromatic heterocycles. The number of halogens is 2. The molecule has 0 unspecified atom stereocenters. The molecule has 13 heavy (non-hydrogen) atoms. The number of nitrogen functional groups attached to an aromatic ring is 1. The van der Waals surface area contributed by atoms with Gasteiger partial charge in [0.1, 0.15) is 11.2 Å². The van der Waals surface area contributed by atoms with Gasteiger partial charge in [0.15, 0.2) is 11.6 Å². The van der Waals surface area contributed by atoms with Crippen molar-refractivity contribution in [2.75, 3.05) is 18.2 Å². The summed E-state index contributed by atoms with van der Waals surface area (Å²) in [6.07, 6.45) is 0. The zero-order valence-electron chi connectivity index (χ0n) is 7.18. The van der Waals surface area contributed by atoms with Crippen LogP contribution in [0.15, 0.2) is 10.7 Å². The highest BCUT2D eigenvalue weighted by Crippen LogP contribution is 2.26.